The first-order chi connectivity index (χ1) is 16.9. The molecule has 2 unspecified atom stereocenters. The minimum Gasteiger partial charge on any atom is -0.397 e. The average Bonchev–Trinajstić information content (AvgIpc) is 2.84. The van der Waals surface area contributed by atoms with Crippen molar-refractivity contribution in [3.8, 4) is 0 Å². The maximum atomic E-state index is 12.7. The first-order valence-corrected chi connectivity index (χ1v) is 12.5. The van der Waals surface area contributed by atoms with Crippen LogP contribution >= 0.6 is 0 Å². The molecule has 1 aromatic carbocycles. The van der Waals surface area contributed by atoms with E-state index in [1.54, 1.807) is 18.5 Å². The van der Waals surface area contributed by atoms with Crippen molar-refractivity contribution in [3.05, 3.63) is 89.5 Å². The Morgan fingerprint density at radius 2 is 1.80 bits per heavy atom. The van der Waals surface area contributed by atoms with Crippen molar-refractivity contribution in [2.45, 2.75) is 39.5 Å². The Bertz CT molecular complexity index is 1060. The van der Waals surface area contributed by atoms with Crippen LogP contribution in [0.4, 0.5) is 5.69 Å². The Balaban J connectivity index is 0.000000211. The van der Waals surface area contributed by atoms with Crippen molar-refractivity contribution in [2.24, 2.45) is 11.8 Å². The lowest BCUT2D eigenvalue weighted by molar-refractivity contribution is 0.0693. The molecule has 2 aromatic heterocycles. The molecule has 0 saturated carbocycles. The van der Waals surface area contributed by atoms with E-state index >= 15 is 0 Å². The number of hydrogen-bond donors (Lipinski definition) is 2. The molecule has 1 aliphatic heterocycles. The number of hydrogen-bond acceptors (Lipinski definition) is 5. The van der Waals surface area contributed by atoms with Crippen molar-refractivity contribution in [1.29, 1.82) is 0 Å². The molecule has 1 amide bonds. The fraction of sp³-hybridized carbons (Fsp3) is 0.414. The van der Waals surface area contributed by atoms with E-state index in [0.29, 0.717) is 23.1 Å². The molecule has 3 aromatic rings. The van der Waals surface area contributed by atoms with E-state index in [2.05, 4.69) is 59.5 Å². The van der Waals surface area contributed by atoms with Crippen LogP contribution in [0.3, 0.4) is 0 Å². The molecule has 1 saturated heterocycles. The Labute approximate surface area is 210 Å². The molecule has 0 aliphatic carbocycles. The van der Waals surface area contributed by atoms with Crippen molar-refractivity contribution in [1.82, 2.24) is 20.2 Å². The van der Waals surface area contributed by atoms with E-state index in [4.69, 9.17) is 5.73 Å². The number of carbonyl (C=O) groups excluding carboxylic acids is 1. The van der Waals surface area contributed by atoms with Gasteiger partial charge in [-0.3, -0.25) is 14.8 Å². The van der Waals surface area contributed by atoms with Crippen molar-refractivity contribution < 1.29 is 4.79 Å². The third-order valence-corrected chi connectivity index (χ3v) is 6.41. The van der Waals surface area contributed by atoms with E-state index in [-0.39, 0.29) is 5.91 Å². The maximum Gasteiger partial charge on any atom is 0.255 e. The van der Waals surface area contributed by atoms with Gasteiger partial charge in [0.2, 0.25) is 0 Å². The number of nitrogens with two attached hydrogens (primary N) is 1. The Hall–Kier alpha value is -3.25. The SMILES string of the molecule is CNCC1CCC(C)CCN(C(=O)c2cncc(N)c2)C1.Cc1cncc(Cc2ccccc2)c1. The zero-order valence-corrected chi connectivity index (χ0v) is 21.3. The van der Waals surface area contributed by atoms with E-state index in [0.717, 1.165) is 32.5 Å². The molecule has 3 N–H and O–H groups in total. The molecular formula is C29H39N5O. The van der Waals surface area contributed by atoms with E-state index in [9.17, 15) is 4.79 Å². The molecule has 6 nitrogen and oxygen atoms in total. The van der Waals surface area contributed by atoms with Gasteiger partial charge in [-0.05, 0) is 74.4 Å². The Kier molecular flexibility index (Phi) is 10.2. The lowest BCUT2D eigenvalue weighted by Crippen LogP contribution is -2.40. The number of carbonyl (C=O) groups is 1. The Morgan fingerprint density at radius 1 is 1.03 bits per heavy atom. The van der Waals surface area contributed by atoms with E-state index < -0.39 is 0 Å². The summed E-state index contributed by atoms with van der Waals surface area (Å²) in [5.74, 6) is 1.22. The van der Waals surface area contributed by atoms with Crippen molar-refractivity contribution in [2.75, 3.05) is 32.4 Å². The fourth-order valence-electron chi connectivity index (χ4n) is 4.48. The van der Waals surface area contributed by atoms with Gasteiger partial charge in [-0.15, -0.1) is 0 Å². The van der Waals surface area contributed by atoms with Gasteiger partial charge < -0.3 is 16.0 Å². The average molecular weight is 474 g/mol. The number of aromatic nitrogens is 2. The molecular weight excluding hydrogens is 434 g/mol. The van der Waals surface area contributed by atoms with Crippen LogP contribution in [0.15, 0.2) is 67.3 Å². The molecule has 0 radical (unpaired) electrons. The quantitative estimate of drug-likeness (QED) is 0.559. The summed E-state index contributed by atoms with van der Waals surface area (Å²) in [5.41, 5.74) is 10.7. The monoisotopic (exact) mass is 473 g/mol. The summed E-state index contributed by atoms with van der Waals surface area (Å²) in [7, 11) is 1.97. The third kappa shape index (κ3) is 8.80. The first-order valence-electron chi connectivity index (χ1n) is 12.5. The zero-order chi connectivity index (χ0) is 25.0. The molecule has 2 atom stereocenters. The summed E-state index contributed by atoms with van der Waals surface area (Å²) in [6.45, 7) is 6.91. The molecule has 6 heteroatoms. The third-order valence-electron chi connectivity index (χ3n) is 6.41. The highest BCUT2D eigenvalue weighted by Crippen LogP contribution is 2.22. The number of nitrogen functional groups attached to an aromatic ring is 1. The summed E-state index contributed by atoms with van der Waals surface area (Å²) in [6.07, 6.45) is 11.4. The van der Waals surface area contributed by atoms with Crippen LogP contribution in [0.25, 0.3) is 0 Å². The van der Waals surface area contributed by atoms with Crippen LogP contribution in [0, 0.1) is 18.8 Å². The number of likely N-dealkylation sites (tertiary alicyclic amines) is 1. The number of rotatable bonds is 5. The van der Waals surface area contributed by atoms with E-state index in [1.807, 2.05) is 30.4 Å². The summed E-state index contributed by atoms with van der Waals surface area (Å²) in [4.78, 5) is 22.9. The van der Waals surface area contributed by atoms with Crippen LogP contribution < -0.4 is 11.1 Å². The largest absolute Gasteiger partial charge is 0.397 e. The molecule has 1 aliphatic rings. The summed E-state index contributed by atoms with van der Waals surface area (Å²) in [6, 6.07) is 14.4. The minimum absolute atomic E-state index is 0.0463. The fourth-order valence-corrected chi connectivity index (χ4v) is 4.48. The van der Waals surface area contributed by atoms with Gasteiger partial charge in [0, 0.05) is 37.9 Å². The topological polar surface area (TPSA) is 84.1 Å². The van der Waals surface area contributed by atoms with Crippen LogP contribution in [0.5, 0.6) is 0 Å². The number of amides is 1. The predicted octanol–water partition coefficient (Wildman–Crippen LogP) is 4.74. The lowest BCUT2D eigenvalue weighted by Gasteiger charge is -2.32. The van der Waals surface area contributed by atoms with Gasteiger partial charge in [-0.1, -0.05) is 49.7 Å². The number of benzene rings is 1. The highest BCUT2D eigenvalue weighted by Gasteiger charge is 2.24. The molecule has 3 heterocycles. The van der Waals surface area contributed by atoms with Gasteiger partial charge in [-0.25, -0.2) is 0 Å². The molecule has 186 valence electrons. The van der Waals surface area contributed by atoms with Crippen LogP contribution in [-0.4, -0.2) is 47.5 Å². The number of anilines is 1. The molecule has 0 spiro atoms. The van der Waals surface area contributed by atoms with E-state index in [1.165, 1.54) is 29.5 Å². The standard InChI is InChI=1S/C16H26N4O.C13H13N/c1-12-3-4-13(8-18-2)11-20(6-5-12)16(21)14-7-15(17)10-19-9-14;1-11-7-13(10-14-9-11)8-12-5-3-2-4-6-12/h7,9-10,12-13,18H,3-6,8,11,17H2,1-2H3;2-7,9-10H,8H2,1H3. The van der Waals surface area contributed by atoms with Gasteiger partial charge in [0.05, 0.1) is 11.3 Å². The second-order valence-electron chi connectivity index (χ2n) is 9.69. The molecule has 35 heavy (non-hydrogen) atoms. The smallest absolute Gasteiger partial charge is 0.255 e. The summed E-state index contributed by atoms with van der Waals surface area (Å²) < 4.78 is 0. The summed E-state index contributed by atoms with van der Waals surface area (Å²) in [5, 5.41) is 3.24. The lowest BCUT2D eigenvalue weighted by atomic mass is 9.91. The predicted molar refractivity (Wildman–Crippen MR) is 143 cm³/mol. The van der Waals surface area contributed by atoms with Gasteiger partial charge >= 0.3 is 0 Å². The second-order valence-corrected chi connectivity index (χ2v) is 9.69. The van der Waals surface area contributed by atoms with Crippen LogP contribution in [-0.2, 0) is 6.42 Å². The van der Waals surface area contributed by atoms with Gasteiger partial charge in [0.15, 0.2) is 0 Å². The highest BCUT2D eigenvalue weighted by atomic mass is 16.2. The second kappa shape index (κ2) is 13.6. The number of aryl methyl sites for hydroxylation is 1. The Morgan fingerprint density at radius 3 is 2.51 bits per heavy atom. The highest BCUT2D eigenvalue weighted by molar-refractivity contribution is 5.94. The normalized spacial score (nSPS) is 18.1. The minimum atomic E-state index is 0.0463. The number of nitrogens with zero attached hydrogens (tertiary/aromatic N) is 3. The number of pyridine rings is 2. The number of nitrogens with one attached hydrogen (secondary N) is 1. The zero-order valence-electron chi connectivity index (χ0n) is 21.3. The maximum absolute atomic E-state index is 12.7. The molecule has 4 rings (SSSR count). The van der Waals surface area contributed by atoms with Crippen LogP contribution in [0.1, 0.15) is 53.2 Å². The first kappa shape index (κ1) is 26.4. The molecule has 0 bridgehead atoms. The van der Waals surface area contributed by atoms with Gasteiger partial charge in [-0.2, -0.15) is 0 Å². The van der Waals surface area contributed by atoms with Crippen LogP contribution in [0.2, 0.25) is 0 Å². The summed E-state index contributed by atoms with van der Waals surface area (Å²) >= 11 is 0. The molecule has 1 fully saturated rings. The van der Waals surface area contributed by atoms with Gasteiger partial charge in [0.1, 0.15) is 0 Å². The van der Waals surface area contributed by atoms with Crippen molar-refractivity contribution >= 4 is 11.6 Å². The van der Waals surface area contributed by atoms with Gasteiger partial charge in [0.25, 0.3) is 5.91 Å². The van der Waals surface area contributed by atoms with Crippen molar-refractivity contribution in [3.63, 3.8) is 0 Å².